The number of hydrogen-bond donors (Lipinski definition) is 0. The van der Waals surface area contributed by atoms with Gasteiger partial charge in [-0.1, -0.05) is 72.3 Å². The van der Waals surface area contributed by atoms with Crippen LogP contribution in [0.25, 0.3) is 11.0 Å². The van der Waals surface area contributed by atoms with Crippen LogP contribution in [0.2, 0.25) is 5.15 Å². The first-order chi connectivity index (χ1) is 15.6. The number of hydrogen-bond acceptors (Lipinski definition) is 4. The monoisotopic (exact) mass is 598 g/mol. The van der Waals surface area contributed by atoms with Crippen LogP contribution >= 0.6 is 11.6 Å². The van der Waals surface area contributed by atoms with Crippen molar-refractivity contribution in [2.24, 2.45) is 0 Å². The van der Waals surface area contributed by atoms with Gasteiger partial charge in [-0.15, -0.1) is 0 Å². The summed E-state index contributed by atoms with van der Waals surface area (Å²) in [6, 6.07) is 20.9. The van der Waals surface area contributed by atoms with E-state index in [1.54, 1.807) is 0 Å². The summed E-state index contributed by atoms with van der Waals surface area (Å²) in [6.07, 6.45) is 0. The molecule has 2 aromatic carbocycles. The molecular formula is C26H29ClIN4NaO. The SMILES string of the molecule is CCOCCn1c(C)nc2c(N(Cc3ccccc3)Cc3ccccc3)nc(Cl)c(C)c21.[I-].[Na+]. The summed E-state index contributed by atoms with van der Waals surface area (Å²) < 4.78 is 7.80. The molecule has 0 amide bonds. The molecule has 0 atom stereocenters. The largest absolute Gasteiger partial charge is 1.00 e. The zero-order chi connectivity index (χ0) is 22.5. The van der Waals surface area contributed by atoms with Gasteiger partial charge in [-0.05, 0) is 31.9 Å². The van der Waals surface area contributed by atoms with E-state index in [4.69, 9.17) is 26.3 Å². The van der Waals surface area contributed by atoms with E-state index in [0.717, 1.165) is 34.8 Å². The number of nitrogens with zero attached hydrogens (tertiary/aromatic N) is 4. The van der Waals surface area contributed by atoms with E-state index < -0.39 is 0 Å². The molecule has 0 aliphatic carbocycles. The van der Waals surface area contributed by atoms with Gasteiger partial charge in [0.15, 0.2) is 5.82 Å². The number of imidazole rings is 1. The molecule has 34 heavy (non-hydrogen) atoms. The Morgan fingerprint density at radius 1 is 0.912 bits per heavy atom. The van der Waals surface area contributed by atoms with Gasteiger partial charge in [0.05, 0.1) is 12.1 Å². The second-order valence-electron chi connectivity index (χ2n) is 7.88. The van der Waals surface area contributed by atoms with Gasteiger partial charge in [0.25, 0.3) is 0 Å². The van der Waals surface area contributed by atoms with Gasteiger partial charge in [0.2, 0.25) is 0 Å². The molecule has 0 aliphatic rings. The number of pyridine rings is 1. The minimum absolute atomic E-state index is 0. The number of aromatic nitrogens is 3. The fourth-order valence-electron chi connectivity index (χ4n) is 4.04. The predicted molar refractivity (Wildman–Crippen MR) is 131 cm³/mol. The van der Waals surface area contributed by atoms with Gasteiger partial charge in [-0.2, -0.15) is 0 Å². The number of aryl methyl sites for hydroxylation is 2. The van der Waals surface area contributed by atoms with Gasteiger partial charge >= 0.3 is 29.6 Å². The van der Waals surface area contributed by atoms with E-state index in [9.17, 15) is 0 Å². The first-order valence-corrected chi connectivity index (χ1v) is 11.4. The Labute approximate surface area is 246 Å². The van der Waals surface area contributed by atoms with Crippen LogP contribution in [0.4, 0.5) is 5.82 Å². The molecule has 5 nitrogen and oxygen atoms in total. The number of anilines is 1. The normalized spacial score (nSPS) is 10.6. The molecule has 0 bridgehead atoms. The van der Waals surface area contributed by atoms with Crippen molar-refractivity contribution < 1.29 is 58.3 Å². The molecule has 0 fully saturated rings. The number of ether oxygens (including phenoxy) is 1. The molecule has 2 aromatic heterocycles. The second-order valence-corrected chi connectivity index (χ2v) is 8.24. The third-order valence-electron chi connectivity index (χ3n) is 5.63. The average Bonchev–Trinajstić information content (AvgIpc) is 3.14. The van der Waals surface area contributed by atoms with E-state index >= 15 is 0 Å². The third kappa shape index (κ3) is 6.74. The smallest absolute Gasteiger partial charge is 1.00 e. The molecule has 0 spiro atoms. The maximum absolute atomic E-state index is 6.68. The molecule has 0 radical (unpaired) electrons. The van der Waals surface area contributed by atoms with Crippen molar-refractivity contribution in [3.05, 3.63) is 88.3 Å². The van der Waals surface area contributed by atoms with Crippen molar-refractivity contribution in [3.8, 4) is 0 Å². The van der Waals surface area contributed by atoms with Crippen molar-refractivity contribution in [1.29, 1.82) is 0 Å². The molecule has 0 unspecified atom stereocenters. The fraction of sp³-hybridized carbons (Fsp3) is 0.308. The zero-order valence-corrected chi connectivity index (χ0v) is 25.2. The van der Waals surface area contributed by atoms with Crippen LogP contribution in [0, 0.1) is 13.8 Å². The maximum atomic E-state index is 6.68. The molecule has 174 valence electrons. The quantitative estimate of drug-likeness (QED) is 0.117. The molecule has 0 aliphatic heterocycles. The summed E-state index contributed by atoms with van der Waals surface area (Å²) >= 11 is 6.68. The molecule has 0 saturated carbocycles. The van der Waals surface area contributed by atoms with Crippen LogP contribution in [0.1, 0.15) is 29.4 Å². The Balaban J connectivity index is 0.00000204. The summed E-state index contributed by atoms with van der Waals surface area (Å²) in [5.41, 5.74) is 5.28. The first-order valence-electron chi connectivity index (χ1n) is 11.0. The molecule has 4 rings (SSSR count). The van der Waals surface area contributed by atoms with Crippen molar-refractivity contribution in [2.75, 3.05) is 18.1 Å². The van der Waals surface area contributed by atoms with Crippen molar-refractivity contribution in [2.45, 2.75) is 40.4 Å². The van der Waals surface area contributed by atoms with E-state index in [0.29, 0.717) is 31.5 Å². The topological polar surface area (TPSA) is 43.2 Å². The molecular weight excluding hydrogens is 570 g/mol. The van der Waals surface area contributed by atoms with Crippen molar-refractivity contribution >= 4 is 28.5 Å². The Bertz CT molecular complexity index is 1150. The Morgan fingerprint density at radius 3 is 2.00 bits per heavy atom. The van der Waals surface area contributed by atoms with Crippen LogP contribution in [-0.2, 0) is 24.4 Å². The Hall–Kier alpha value is -1.16. The average molecular weight is 599 g/mol. The Morgan fingerprint density at radius 2 is 1.47 bits per heavy atom. The second kappa shape index (κ2) is 13.8. The van der Waals surface area contributed by atoms with E-state index in [1.165, 1.54) is 11.1 Å². The zero-order valence-electron chi connectivity index (χ0n) is 20.3. The molecule has 0 saturated heterocycles. The van der Waals surface area contributed by atoms with Gasteiger partial charge in [0.1, 0.15) is 16.5 Å². The van der Waals surface area contributed by atoms with Gasteiger partial charge in [-0.25, -0.2) is 9.97 Å². The van der Waals surface area contributed by atoms with Gasteiger partial charge in [-0.3, -0.25) is 0 Å². The van der Waals surface area contributed by atoms with Gasteiger partial charge in [0, 0.05) is 31.8 Å². The number of halogens is 2. The standard InChI is InChI=1S/C26H29ClN4O.HI.Na/c1-4-32-16-15-31-20(3)28-23-24(31)19(2)25(27)29-26(23)30(17-21-11-7-5-8-12-21)18-22-13-9-6-10-14-22;;/h5-14H,4,15-18H2,1-3H3;1H;/q;;+1/p-1. The van der Waals surface area contributed by atoms with E-state index in [-0.39, 0.29) is 53.5 Å². The number of fused-ring (bicyclic) bond motifs is 1. The van der Waals surface area contributed by atoms with Crippen LogP contribution < -0.4 is 58.4 Å². The molecule has 0 N–H and O–H groups in total. The van der Waals surface area contributed by atoms with Crippen LogP contribution in [-0.4, -0.2) is 27.7 Å². The Kier molecular flexibility index (Phi) is 11.8. The van der Waals surface area contributed by atoms with Crippen molar-refractivity contribution in [1.82, 2.24) is 14.5 Å². The third-order valence-corrected chi connectivity index (χ3v) is 6.00. The molecule has 2 heterocycles. The number of benzene rings is 2. The summed E-state index contributed by atoms with van der Waals surface area (Å²) in [7, 11) is 0. The summed E-state index contributed by atoms with van der Waals surface area (Å²) in [4.78, 5) is 12.0. The van der Waals surface area contributed by atoms with Gasteiger partial charge < -0.3 is 38.2 Å². The maximum Gasteiger partial charge on any atom is 1.00 e. The predicted octanol–water partition coefficient (Wildman–Crippen LogP) is -0.0472. The van der Waals surface area contributed by atoms with Crippen LogP contribution in [0.3, 0.4) is 0 Å². The molecule has 4 aromatic rings. The minimum atomic E-state index is 0. The summed E-state index contributed by atoms with van der Waals surface area (Å²) in [5.74, 6) is 1.74. The minimum Gasteiger partial charge on any atom is -1.00 e. The summed E-state index contributed by atoms with van der Waals surface area (Å²) in [6.45, 7) is 9.53. The number of rotatable bonds is 9. The van der Waals surface area contributed by atoms with Crippen LogP contribution in [0.5, 0.6) is 0 Å². The summed E-state index contributed by atoms with van der Waals surface area (Å²) in [5, 5.41) is 0.510. The van der Waals surface area contributed by atoms with E-state index in [1.807, 2.05) is 32.9 Å². The van der Waals surface area contributed by atoms with Crippen LogP contribution in [0.15, 0.2) is 60.7 Å². The first kappa shape index (κ1) is 29.1. The van der Waals surface area contributed by atoms with Crippen molar-refractivity contribution in [3.63, 3.8) is 0 Å². The fourth-order valence-corrected chi connectivity index (χ4v) is 4.21. The van der Waals surface area contributed by atoms with E-state index in [2.05, 4.69) is 58.0 Å². The molecule has 8 heteroatoms.